The highest BCUT2D eigenvalue weighted by Gasteiger charge is 2.00. The SMILES string of the molecule is COc1ccc(NCc2cncc(F)c2)cc1C. The molecule has 0 fully saturated rings. The van der Waals surface area contributed by atoms with Crippen LogP contribution in [0.5, 0.6) is 5.75 Å². The Morgan fingerprint density at radius 2 is 2.11 bits per heavy atom. The van der Waals surface area contributed by atoms with Gasteiger partial charge in [-0.15, -0.1) is 0 Å². The number of aromatic nitrogens is 1. The summed E-state index contributed by atoms with van der Waals surface area (Å²) in [7, 11) is 1.65. The normalized spacial score (nSPS) is 10.2. The molecule has 1 aromatic carbocycles. The molecule has 0 atom stereocenters. The maximum absolute atomic E-state index is 12.9. The Morgan fingerprint density at radius 1 is 1.28 bits per heavy atom. The van der Waals surface area contributed by atoms with Crippen LogP contribution in [0.2, 0.25) is 0 Å². The summed E-state index contributed by atoms with van der Waals surface area (Å²) in [6, 6.07) is 7.29. The number of anilines is 1. The number of methoxy groups -OCH3 is 1. The molecule has 0 saturated heterocycles. The van der Waals surface area contributed by atoms with Gasteiger partial charge in [-0.25, -0.2) is 4.39 Å². The van der Waals surface area contributed by atoms with Crippen LogP contribution < -0.4 is 10.1 Å². The lowest BCUT2D eigenvalue weighted by Crippen LogP contribution is -2.01. The Morgan fingerprint density at radius 3 is 2.78 bits per heavy atom. The average molecular weight is 246 g/mol. The molecule has 0 saturated carbocycles. The third kappa shape index (κ3) is 2.97. The summed E-state index contributed by atoms with van der Waals surface area (Å²) in [5.41, 5.74) is 2.83. The summed E-state index contributed by atoms with van der Waals surface area (Å²) in [5.74, 6) is 0.535. The smallest absolute Gasteiger partial charge is 0.141 e. The molecule has 0 aliphatic rings. The Kier molecular flexibility index (Phi) is 3.77. The minimum Gasteiger partial charge on any atom is -0.496 e. The van der Waals surface area contributed by atoms with Gasteiger partial charge in [0.25, 0.3) is 0 Å². The summed E-state index contributed by atoms with van der Waals surface area (Å²) in [5, 5.41) is 3.22. The fraction of sp³-hybridized carbons (Fsp3) is 0.214. The number of benzene rings is 1. The first-order valence-corrected chi connectivity index (χ1v) is 5.67. The first-order chi connectivity index (χ1) is 8.69. The lowest BCUT2D eigenvalue weighted by Gasteiger charge is -2.09. The molecular formula is C14H15FN2O. The quantitative estimate of drug-likeness (QED) is 0.899. The number of aryl methyl sites for hydroxylation is 1. The van der Waals surface area contributed by atoms with Gasteiger partial charge in [0.1, 0.15) is 11.6 Å². The standard InChI is InChI=1S/C14H15FN2O/c1-10-5-13(3-4-14(10)18-2)17-8-11-6-12(15)9-16-7-11/h3-7,9,17H,8H2,1-2H3. The predicted molar refractivity (Wildman–Crippen MR) is 69.3 cm³/mol. The molecule has 0 unspecified atom stereocenters. The maximum atomic E-state index is 12.9. The molecule has 2 rings (SSSR count). The largest absolute Gasteiger partial charge is 0.496 e. The van der Waals surface area contributed by atoms with Crippen LogP contribution in [0, 0.1) is 12.7 Å². The number of hydrogen-bond acceptors (Lipinski definition) is 3. The number of halogens is 1. The van der Waals surface area contributed by atoms with Gasteiger partial charge in [0.15, 0.2) is 0 Å². The van der Waals surface area contributed by atoms with Gasteiger partial charge in [-0.1, -0.05) is 0 Å². The molecule has 2 aromatic rings. The molecule has 0 aliphatic heterocycles. The van der Waals surface area contributed by atoms with E-state index in [4.69, 9.17) is 4.74 Å². The van der Waals surface area contributed by atoms with Crippen LogP contribution in [0.25, 0.3) is 0 Å². The van der Waals surface area contributed by atoms with Crippen LogP contribution in [0.1, 0.15) is 11.1 Å². The van der Waals surface area contributed by atoms with Crippen molar-refractivity contribution in [1.82, 2.24) is 4.98 Å². The second kappa shape index (κ2) is 5.49. The van der Waals surface area contributed by atoms with E-state index in [-0.39, 0.29) is 5.82 Å². The molecule has 1 N–H and O–H groups in total. The Balaban J connectivity index is 2.04. The molecule has 0 bridgehead atoms. The Labute approximate surface area is 106 Å². The topological polar surface area (TPSA) is 34.1 Å². The van der Waals surface area contributed by atoms with Gasteiger partial charge in [0, 0.05) is 18.4 Å². The van der Waals surface area contributed by atoms with Crippen LogP contribution in [0.4, 0.5) is 10.1 Å². The zero-order valence-corrected chi connectivity index (χ0v) is 10.4. The van der Waals surface area contributed by atoms with Crippen LogP contribution in [0.3, 0.4) is 0 Å². The van der Waals surface area contributed by atoms with E-state index in [1.54, 1.807) is 13.3 Å². The van der Waals surface area contributed by atoms with Gasteiger partial charge in [-0.05, 0) is 42.3 Å². The second-order valence-electron chi connectivity index (χ2n) is 4.05. The van der Waals surface area contributed by atoms with Gasteiger partial charge in [-0.3, -0.25) is 4.98 Å². The van der Waals surface area contributed by atoms with Crippen molar-refractivity contribution >= 4 is 5.69 Å². The van der Waals surface area contributed by atoms with Crippen molar-refractivity contribution in [3.05, 3.63) is 53.6 Å². The Hall–Kier alpha value is -2.10. The molecule has 3 nitrogen and oxygen atoms in total. The van der Waals surface area contributed by atoms with E-state index in [1.807, 2.05) is 25.1 Å². The van der Waals surface area contributed by atoms with Gasteiger partial charge in [0.05, 0.1) is 13.3 Å². The van der Waals surface area contributed by atoms with Crippen molar-refractivity contribution < 1.29 is 9.13 Å². The van der Waals surface area contributed by atoms with Gasteiger partial charge in [-0.2, -0.15) is 0 Å². The van der Waals surface area contributed by atoms with Crippen molar-refractivity contribution in [2.24, 2.45) is 0 Å². The van der Waals surface area contributed by atoms with Crippen LogP contribution in [0.15, 0.2) is 36.7 Å². The lowest BCUT2D eigenvalue weighted by atomic mass is 10.2. The summed E-state index contributed by atoms with van der Waals surface area (Å²) < 4.78 is 18.1. The van der Waals surface area contributed by atoms with Crippen LogP contribution in [-0.2, 0) is 6.54 Å². The molecule has 0 amide bonds. The fourth-order valence-electron chi connectivity index (χ4n) is 1.75. The summed E-state index contributed by atoms with van der Waals surface area (Å²) in [6.45, 7) is 2.52. The second-order valence-corrected chi connectivity index (χ2v) is 4.05. The first-order valence-electron chi connectivity index (χ1n) is 5.67. The molecule has 94 valence electrons. The number of ether oxygens (including phenoxy) is 1. The van der Waals surface area contributed by atoms with Crippen LogP contribution >= 0.6 is 0 Å². The summed E-state index contributed by atoms with van der Waals surface area (Å²) in [6.07, 6.45) is 2.84. The molecule has 0 radical (unpaired) electrons. The van der Waals surface area contributed by atoms with Crippen molar-refractivity contribution in [2.45, 2.75) is 13.5 Å². The number of hydrogen-bond donors (Lipinski definition) is 1. The number of nitrogens with zero attached hydrogens (tertiary/aromatic N) is 1. The van der Waals surface area contributed by atoms with Gasteiger partial charge < -0.3 is 10.1 Å². The van der Waals surface area contributed by atoms with E-state index in [9.17, 15) is 4.39 Å². The summed E-state index contributed by atoms with van der Waals surface area (Å²) >= 11 is 0. The van der Waals surface area contributed by atoms with Crippen molar-refractivity contribution in [3.63, 3.8) is 0 Å². The molecule has 1 heterocycles. The molecule has 0 spiro atoms. The van der Waals surface area contributed by atoms with Gasteiger partial charge >= 0.3 is 0 Å². The zero-order chi connectivity index (χ0) is 13.0. The van der Waals surface area contributed by atoms with Gasteiger partial charge in [0.2, 0.25) is 0 Å². The molecule has 4 heteroatoms. The van der Waals surface area contributed by atoms with E-state index in [0.29, 0.717) is 6.54 Å². The lowest BCUT2D eigenvalue weighted by molar-refractivity contribution is 0.412. The molecular weight excluding hydrogens is 231 g/mol. The minimum atomic E-state index is -0.319. The van der Waals surface area contributed by atoms with E-state index in [2.05, 4.69) is 10.3 Å². The van der Waals surface area contributed by atoms with Crippen LogP contribution in [-0.4, -0.2) is 12.1 Å². The highest BCUT2D eigenvalue weighted by molar-refractivity contribution is 5.50. The van der Waals surface area contributed by atoms with Crippen molar-refractivity contribution in [2.75, 3.05) is 12.4 Å². The predicted octanol–water partition coefficient (Wildman–Crippen LogP) is 3.15. The number of nitrogens with one attached hydrogen (secondary N) is 1. The van der Waals surface area contributed by atoms with Crippen molar-refractivity contribution in [3.8, 4) is 5.75 Å². The minimum absolute atomic E-state index is 0.319. The third-order valence-corrected chi connectivity index (χ3v) is 2.65. The van der Waals surface area contributed by atoms with Crippen molar-refractivity contribution in [1.29, 1.82) is 0 Å². The average Bonchev–Trinajstić information content (AvgIpc) is 2.37. The number of pyridine rings is 1. The highest BCUT2D eigenvalue weighted by atomic mass is 19.1. The Bertz CT molecular complexity index is 543. The number of rotatable bonds is 4. The fourth-order valence-corrected chi connectivity index (χ4v) is 1.75. The zero-order valence-electron chi connectivity index (χ0n) is 10.4. The molecule has 1 aromatic heterocycles. The first kappa shape index (κ1) is 12.4. The van der Waals surface area contributed by atoms with E-state index in [0.717, 1.165) is 22.6 Å². The monoisotopic (exact) mass is 246 g/mol. The van der Waals surface area contributed by atoms with E-state index < -0.39 is 0 Å². The molecule has 18 heavy (non-hydrogen) atoms. The summed E-state index contributed by atoms with van der Waals surface area (Å²) in [4.78, 5) is 3.81. The maximum Gasteiger partial charge on any atom is 0.141 e. The third-order valence-electron chi connectivity index (χ3n) is 2.65. The highest BCUT2D eigenvalue weighted by Crippen LogP contribution is 2.21. The molecule has 0 aliphatic carbocycles. The van der Waals surface area contributed by atoms with E-state index >= 15 is 0 Å². The van der Waals surface area contributed by atoms with E-state index in [1.165, 1.54) is 12.3 Å².